The third-order valence-corrected chi connectivity index (χ3v) is 3.04. The van der Waals surface area contributed by atoms with Gasteiger partial charge in [-0.05, 0) is 12.0 Å². The SMILES string of the molecule is CC1CN(c2ccc(C=O)o2)CC1CO. The van der Waals surface area contributed by atoms with Crippen molar-refractivity contribution in [2.45, 2.75) is 6.92 Å². The van der Waals surface area contributed by atoms with Gasteiger partial charge in [-0.1, -0.05) is 6.92 Å². The Hall–Kier alpha value is -1.29. The Morgan fingerprint density at radius 1 is 1.60 bits per heavy atom. The first-order chi connectivity index (χ1) is 7.24. The van der Waals surface area contributed by atoms with Crippen LogP contribution >= 0.6 is 0 Å². The zero-order valence-corrected chi connectivity index (χ0v) is 8.72. The molecule has 1 aliphatic rings. The van der Waals surface area contributed by atoms with Crippen molar-refractivity contribution in [3.05, 3.63) is 17.9 Å². The maximum Gasteiger partial charge on any atom is 0.196 e. The smallest absolute Gasteiger partial charge is 0.196 e. The highest BCUT2D eigenvalue weighted by atomic mass is 16.4. The molecule has 0 bridgehead atoms. The molecule has 1 aliphatic heterocycles. The number of hydrogen-bond acceptors (Lipinski definition) is 4. The van der Waals surface area contributed by atoms with Gasteiger partial charge in [-0.2, -0.15) is 0 Å². The molecule has 2 rings (SSSR count). The average molecular weight is 209 g/mol. The summed E-state index contributed by atoms with van der Waals surface area (Å²) in [6, 6.07) is 3.47. The van der Waals surface area contributed by atoms with Crippen molar-refractivity contribution in [1.82, 2.24) is 0 Å². The highest BCUT2D eigenvalue weighted by molar-refractivity contribution is 5.71. The third-order valence-electron chi connectivity index (χ3n) is 3.04. The standard InChI is InChI=1S/C11H15NO3/c1-8-4-12(5-9(8)6-13)11-3-2-10(7-14)15-11/h2-3,7-9,13H,4-6H2,1H3. The molecule has 0 radical (unpaired) electrons. The van der Waals surface area contributed by atoms with E-state index in [0.29, 0.717) is 23.9 Å². The van der Waals surface area contributed by atoms with Crippen LogP contribution in [0.1, 0.15) is 17.5 Å². The molecule has 2 atom stereocenters. The fourth-order valence-corrected chi connectivity index (χ4v) is 2.03. The number of rotatable bonds is 3. The van der Waals surface area contributed by atoms with Crippen molar-refractivity contribution in [2.24, 2.45) is 11.8 Å². The second-order valence-corrected chi connectivity index (χ2v) is 4.12. The van der Waals surface area contributed by atoms with Crippen LogP contribution in [-0.2, 0) is 0 Å². The number of aldehydes is 1. The molecule has 0 spiro atoms. The highest BCUT2D eigenvalue weighted by Gasteiger charge is 2.30. The molecule has 1 aromatic heterocycles. The molecule has 0 saturated carbocycles. The number of anilines is 1. The molecule has 0 amide bonds. The van der Waals surface area contributed by atoms with Crippen LogP contribution in [0, 0.1) is 11.8 Å². The predicted molar refractivity (Wildman–Crippen MR) is 56.0 cm³/mol. The number of nitrogens with zero attached hydrogens (tertiary/aromatic N) is 1. The number of hydrogen-bond donors (Lipinski definition) is 1. The Morgan fingerprint density at radius 2 is 2.40 bits per heavy atom. The number of carbonyl (C=O) groups excluding carboxylic acids is 1. The van der Waals surface area contributed by atoms with Gasteiger partial charge in [-0.15, -0.1) is 0 Å². The zero-order chi connectivity index (χ0) is 10.8. The summed E-state index contributed by atoms with van der Waals surface area (Å²) >= 11 is 0. The van der Waals surface area contributed by atoms with Crippen LogP contribution in [0.15, 0.2) is 16.5 Å². The quantitative estimate of drug-likeness (QED) is 0.759. The van der Waals surface area contributed by atoms with Gasteiger partial charge in [0.15, 0.2) is 17.9 Å². The molecule has 2 heterocycles. The average Bonchev–Trinajstić information content (AvgIpc) is 2.83. The van der Waals surface area contributed by atoms with Gasteiger partial charge in [0.05, 0.1) is 0 Å². The summed E-state index contributed by atoms with van der Waals surface area (Å²) in [7, 11) is 0. The van der Waals surface area contributed by atoms with Crippen LogP contribution in [-0.4, -0.2) is 31.1 Å². The van der Waals surface area contributed by atoms with E-state index in [1.54, 1.807) is 12.1 Å². The summed E-state index contributed by atoms with van der Waals surface area (Å²) in [4.78, 5) is 12.5. The fraction of sp³-hybridized carbons (Fsp3) is 0.545. The minimum absolute atomic E-state index is 0.207. The summed E-state index contributed by atoms with van der Waals surface area (Å²) in [5.74, 6) is 1.83. The molecule has 0 aliphatic carbocycles. The lowest BCUT2D eigenvalue weighted by atomic mass is 10.00. The van der Waals surface area contributed by atoms with E-state index in [2.05, 4.69) is 11.8 Å². The van der Waals surface area contributed by atoms with Gasteiger partial charge in [-0.25, -0.2) is 0 Å². The van der Waals surface area contributed by atoms with Crippen LogP contribution in [0.5, 0.6) is 0 Å². The van der Waals surface area contributed by atoms with Crippen LogP contribution in [0.2, 0.25) is 0 Å². The lowest BCUT2D eigenvalue weighted by molar-refractivity contribution is 0.110. The Labute approximate surface area is 88.5 Å². The summed E-state index contributed by atoms with van der Waals surface area (Å²) in [6.45, 7) is 3.99. The van der Waals surface area contributed by atoms with Gasteiger partial charge in [0.2, 0.25) is 0 Å². The molecular weight excluding hydrogens is 194 g/mol. The summed E-state index contributed by atoms with van der Waals surface area (Å²) in [6.07, 6.45) is 0.701. The molecule has 4 heteroatoms. The largest absolute Gasteiger partial charge is 0.438 e. The molecule has 2 unspecified atom stereocenters. The van der Waals surface area contributed by atoms with E-state index in [4.69, 9.17) is 9.52 Å². The molecule has 1 fully saturated rings. The maximum absolute atomic E-state index is 10.5. The van der Waals surface area contributed by atoms with Gasteiger partial charge in [-0.3, -0.25) is 4.79 Å². The molecular formula is C11H15NO3. The van der Waals surface area contributed by atoms with Crippen molar-refractivity contribution >= 4 is 12.2 Å². The second-order valence-electron chi connectivity index (χ2n) is 4.12. The monoisotopic (exact) mass is 209 g/mol. The van der Waals surface area contributed by atoms with Gasteiger partial charge in [0.25, 0.3) is 0 Å². The number of furan rings is 1. The number of aliphatic hydroxyl groups is 1. The topological polar surface area (TPSA) is 53.7 Å². The molecule has 82 valence electrons. The van der Waals surface area contributed by atoms with Crippen molar-refractivity contribution in [2.75, 3.05) is 24.6 Å². The number of aliphatic hydroxyl groups excluding tert-OH is 1. The lowest BCUT2D eigenvalue weighted by Gasteiger charge is -2.13. The molecule has 1 aromatic rings. The van der Waals surface area contributed by atoms with Crippen LogP contribution in [0.4, 0.5) is 5.88 Å². The van der Waals surface area contributed by atoms with E-state index in [1.807, 2.05) is 0 Å². The van der Waals surface area contributed by atoms with E-state index >= 15 is 0 Å². The van der Waals surface area contributed by atoms with Gasteiger partial charge >= 0.3 is 0 Å². The minimum Gasteiger partial charge on any atom is -0.438 e. The highest BCUT2D eigenvalue weighted by Crippen LogP contribution is 2.28. The fourth-order valence-electron chi connectivity index (χ4n) is 2.03. The first-order valence-electron chi connectivity index (χ1n) is 5.15. The number of carbonyl (C=O) groups is 1. The summed E-state index contributed by atoms with van der Waals surface area (Å²) in [5.41, 5.74) is 0. The predicted octanol–water partition coefficient (Wildman–Crippen LogP) is 1.16. The van der Waals surface area contributed by atoms with Crippen molar-refractivity contribution in [3.63, 3.8) is 0 Å². The van der Waals surface area contributed by atoms with Gasteiger partial charge in [0, 0.05) is 31.7 Å². The van der Waals surface area contributed by atoms with E-state index in [1.165, 1.54) is 0 Å². The van der Waals surface area contributed by atoms with Crippen LogP contribution in [0.25, 0.3) is 0 Å². The van der Waals surface area contributed by atoms with Crippen LogP contribution < -0.4 is 4.90 Å². The molecule has 0 aromatic carbocycles. The third kappa shape index (κ3) is 1.90. The molecule has 1 N–H and O–H groups in total. The Kier molecular flexibility index (Phi) is 2.77. The molecule has 15 heavy (non-hydrogen) atoms. The summed E-state index contributed by atoms with van der Waals surface area (Å²) < 4.78 is 5.33. The molecule has 1 saturated heterocycles. The Morgan fingerprint density at radius 3 is 2.93 bits per heavy atom. The summed E-state index contributed by atoms with van der Waals surface area (Å²) in [5, 5.41) is 9.14. The van der Waals surface area contributed by atoms with Crippen molar-refractivity contribution in [3.8, 4) is 0 Å². The van der Waals surface area contributed by atoms with E-state index < -0.39 is 0 Å². The first-order valence-corrected chi connectivity index (χ1v) is 5.15. The Bertz CT molecular complexity index is 347. The van der Waals surface area contributed by atoms with E-state index in [-0.39, 0.29) is 6.61 Å². The van der Waals surface area contributed by atoms with E-state index in [9.17, 15) is 4.79 Å². The lowest BCUT2D eigenvalue weighted by Crippen LogP contribution is -2.19. The van der Waals surface area contributed by atoms with E-state index in [0.717, 1.165) is 19.0 Å². The Balaban J connectivity index is 2.09. The first kappa shape index (κ1) is 10.2. The van der Waals surface area contributed by atoms with Crippen molar-refractivity contribution < 1.29 is 14.3 Å². The maximum atomic E-state index is 10.5. The second kappa shape index (κ2) is 4.06. The minimum atomic E-state index is 0.207. The van der Waals surface area contributed by atoms with Crippen LogP contribution in [0.3, 0.4) is 0 Å². The van der Waals surface area contributed by atoms with Crippen molar-refractivity contribution in [1.29, 1.82) is 0 Å². The van der Waals surface area contributed by atoms with Gasteiger partial charge < -0.3 is 14.4 Å². The molecule has 4 nitrogen and oxygen atoms in total. The van der Waals surface area contributed by atoms with Gasteiger partial charge in [0.1, 0.15) is 0 Å². The normalized spacial score (nSPS) is 25.9. The zero-order valence-electron chi connectivity index (χ0n) is 8.72.